The van der Waals surface area contributed by atoms with E-state index in [9.17, 15) is 9.90 Å². The van der Waals surface area contributed by atoms with E-state index in [4.69, 9.17) is 9.15 Å². The van der Waals surface area contributed by atoms with Crippen molar-refractivity contribution in [2.24, 2.45) is 0 Å². The minimum absolute atomic E-state index is 0.109. The van der Waals surface area contributed by atoms with Crippen LogP contribution in [-0.4, -0.2) is 33.2 Å². The Hall–Kier alpha value is -4.00. The number of hydrogen-bond donors (Lipinski definition) is 2. The van der Waals surface area contributed by atoms with E-state index < -0.39 is 6.04 Å². The van der Waals surface area contributed by atoms with Gasteiger partial charge in [-0.25, -0.2) is 0 Å². The van der Waals surface area contributed by atoms with Crippen LogP contribution in [0.2, 0.25) is 0 Å². The summed E-state index contributed by atoms with van der Waals surface area (Å²) in [6.07, 6.45) is 1.59. The lowest BCUT2D eigenvalue weighted by molar-refractivity contribution is 0.0717. The van der Waals surface area contributed by atoms with Gasteiger partial charge in [-0.1, -0.05) is 24.3 Å². The molecule has 0 saturated heterocycles. The average Bonchev–Trinajstić information content (AvgIpc) is 3.49. The predicted molar refractivity (Wildman–Crippen MR) is 109 cm³/mol. The number of fused-ring (bicyclic) bond motifs is 1. The van der Waals surface area contributed by atoms with Crippen LogP contribution in [0.4, 0.5) is 0 Å². The summed E-state index contributed by atoms with van der Waals surface area (Å²) < 4.78 is 10.8. The maximum atomic E-state index is 13.3. The second-order valence-electron chi connectivity index (χ2n) is 7.07. The van der Waals surface area contributed by atoms with Crippen molar-refractivity contribution in [2.45, 2.75) is 12.6 Å². The number of aromatic hydroxyl groups is 1. The number of phenolic OH excluding ortho intramolecular Hbond substituents is 1. The lowest BCUT2D eigenvalue weighted by Gasteiger charge is -2.25. The number of amides is 1. The maximum Gasteiger partial charge on any atom is 0.273 e. The molecule has 150 valence electrons. The summed E-state index contributed by atoms with van der Waals surface area (Å²) in [4.78, 5) is 15.0. The Morgan fingerprint density at radius 2 is 1.93 bits per heavy atom. The van der Waals surface area contributed by atoms with Crippen molar-refractivity contribution in [3.05, 3.63) is 89.5 Å². The number of aromatic nitrogens is 2. The maximum absolute atomic E-state index is 13.3. The molecule has 0 radical (unpaired) electrons. The lowest BCUT2D eigenvalue weighted by atomic mass is 9.95. The monoisotopic (exact) mass is 401 g/mol. The fraction of sp³-hybridized carbons (Fsp3) is 0.130. The van der Waals surface area contributed by atoms with Gasteiger partial charge in [-0.2, -0.15) is 5.10 Å². The zero-order valence-corrected chi connectivity index (χ0v) is 16.2. The van der Waals surface area contributed by atoms with Crippen molar-refractivity contribution >= 4 is 5.91 Å². The molecule has 0 spiro atoms. The van der Waals surface area contributed by atoms with E-state index in [-0.39, 0.29) is 11.7 Å². The number of phenols is 1. The van der Waals surface area contributed by atoms with Crippen LogP contribution >= 0.6 is 0 Å². The van der Waals surface area contributed by atoms with Gasteiger partial charge in [-0.05, 0) is 42.0 Å². The molecule has 1 atom stereocenters. The number of benzene rings is 2. The van der Waals surface area contributed by atoms with E-state index in [1.807, 2.05) is 36.4 Å². The van der Waals surface area contributed by atoms with E-state index in [1.54, 1.807) is 42.5 Å². The number of carbonyl (C=O) groups excluding carboxylic acids is 1. The molecule has 1 amide bonds. The van der Waals surface area contributed by atoms with Crippen LogP contribution in [0.3, 0.4) is 0 Å². The van der Waals surface area contributed by atoms with E-state index in [0.717, 1.165) is 16.9 Å². The van der Waals surface area contributed by atoms with Gasteiger partial charge < -0.3 is 19.2 Å². The summed E-state index contributed by atoms with van der Waals surface area (Å²) in [6, 6.07) is 17.8. The number of H-pyrrole nitrogens is 1. The molecule has 1 aliphatic rings. The van der Waals surface area contributed by atoms with Gasteiger partial charge in [-0.3, -0.25) is 9.89 Å². The minimum atomic E-state index is -0.392. The van der Waals surface area contributed by atoms with Gasteiger partial charge in [0.05, 0.1) is 26.0 Å². The summed E-state index contributed by atoms with van der Waals surface area (Å²) in [6.45, 7) is 0.311. The number of aromatic amines is 1. The van der Waals surface area contributed by atoms with Crippen molar-refractivity contribution in [2.75, 3.05) is 7.11 Å². The molecule has 3 heterocycles. The highest BCUT2D eigenvalue weighted by Crippen LogP contribution is 2.45. The Balaban J connectivity index is 1.66. The van der Waals surface area contributed by atoms with Crippen LogP contribution in [0.15, 0.2) is 71.3 Å². The number of furan rings is 1. The minimum Gasteiger partial charge on any atom is -0.507 e. The second-order valence-corrected chi connectivity index (χ2v) is 7.07. The summed E-state index contributed by atoms with van der Waals surface area (Å²) in [5.41, 5.74) is 3.19. The number of para-hydroxylation sites is 1. The quantitative estimate of drug-likeness (QED) is 0.525. The number of methoxy groups -OCH3 is 1. The number of rotatable bonds is 5. The van der Waals surface area contributed by atoms with Crippen LogP contribution in [0.25, 0.3) is 11.3 Å². The summed E-state index contributed by atoms with van der Waals surface area (Å²) >= 11 is 0. The van der Waals surface area contributed by atoms with Crippen molar-refractivity contribution in [1.29, 1.82) is 0 Å². The number of hydrogen-bond acceptors (Lipinski definition) is 5. The first-order valence-corrected chi connectivity index (χ1v) is 9.51. The molecule has 4 aromatic rings. The second kappa shape index (κ2) is 7.11. The Labute approximate surface area is 172 Å². The molecule has 30 heavy (non-hydrogen) atoms. The lowest BCUT2D eigenvalue weighted by Crippen LogP contribution is -2.28. The zero-order chi connectivity index (χ0) is 20.7. The van der Waals surface area contributed by atoms with Gasteiger partial charge in [0, 0.05) is 11.1 Å². The highest BCUT2D eigenvalue weighted by atomic mass is 16.5. The van der Waals surface area contributed by atoms with Crippen LogP contribution in [0.5, 0.6) is 11.5 Å². The fourth-order valence-electron chi connectivity index (χ4n) is 3.94. The van der Waals surface area contributed by atoms with Crippen LogP contribution < -0.4 is 4.74 Å². The third-order valence-electron chi connectivity index (χ3n) is 5.36. The van der Waals surface area contributed by atoms with Gasteiger partial charge in [-0.15, -0.1) is 0 Å². The summed E-state index contributed by atoms with van der Waals surface area (Å²) in [5, 5.41) is 17.7. The average molecular weight is 401 g/mol. The number of nitrogens with zero attached hydrogens (tertiary/aromatic N) is 2. The summed E-state index contributed by atoms with van der Waals surface area (Å²) in [7, 11) is 1.61. The van der Waals surface area contributed by atoms with Crippen LogP contribution in [0, 0.1) is 0 Å². The number of nitrogens with one attached hydrogen (secondary N) is 1. The smallest absolute Gasteiger partial charge is 0.273 e. The zero-order valence-electron chi connectivity index (χ0n) is 16.2. The van der Waals surface area contributed by atoms with E-state index in [0.29, 0.717) is 29.3 Å². The Kier molecular flexibility index (Phi) is 4.28. The Bertz CT molecular complexity index is 1200. The van der Waals surface area contributed by atoms with Crippen molar-refractivity contribution in [1.82, 2.24) is 15.1 Å². The molecule has 0 aliphatic carbocycles. The largest absolute Gasteiger partial charge is 0.507 e. The number of carbonyl (C=O) groups is 1. The van der Waals surface area contributed by atoms with Crippen LogP contribution in [0.1, 0.15) is 33.4 Å². The van der Waals surface area contributed by atoms with E-state index in [2.05, 4.69) is 10.2 Å². The third kappa shape index (κ3) is 2.83. The highest BCUT2D eigenvalue weighted by molar-refractivity contribution is 6.00. The number of ether oxygens (including phenoxy) is 1. The van der Waals surface area contributed by atoms with E-state index >= 15 is 0 Å². The molecular formula is C23H19N3O4. The molecular weight excluding hydrogens is 382 g/mol. The molecule has 1 aliphatic heterocycles. The first-order valence-electron chi connectivity index (χ1n) is 9.51. The van der Waals surface area contributed by atoms with Gasteiger partial charge in [0.2, 0.25) is 0 Å². The first-order chi connectivity index (χ1) is 14.7. The van der Waals surface area contributed by atoms with Gasteiger partial charge in [0.25, 0.3) is 5.91 Å². The van der Waals surface area contributed by atoms with Crippen LogP contribution in [-0.2, 0) is 6.54 Å². The van der Waals surface area contributed by atoms with Gasteiger partial charge >= 0.3 is 0 Å². The molecule has 7 nitrogen and oxygen atoms in total. The Morgan fingerprint density at radius 1 is 1.13 bits per heavy atom. The summed E-state index contributed by atoms with van der Waals surface area (Å²) in [5.74, 6) is 1.35. The molecule has 0 saturated carbocycles. The molecule has 0 fully saturated rings. The predicted octanol–water partition coefficient (Wildman–Crippen LogP) is 4.13. The van der Waals surface area contributed by atoms with Crippen molar-refractivity contribution in [3.63, 3.8) is 0 Å². The van der Waals surface area contributed by atoms with Gasteiger partial charge in [0.1, 0.15) is 28.6 Å². The highest BCUT2D eigenvalue weighted by Gasteiger charge is 2.42. The Morgan fingerprint density at radius 3 is 2.63 bits per heavy atom. The van der Waals surface area contributed by atoms with Crippen molar-refractivity contribution < 1.29 is 19.1 Å². The molecule has 5 rings (SSSR count). The van der Waals surface area contributed by atoms with Gasteiger partial charge in [0.15, 0.2) is 0 Å². The standard InChI is InChI=1S/C23H19N3O4/c1-29-15-10-8-14(9-11-15)22-19-20(17-6-2-3-7-18(17)27)24-25-21(19)23(28)26(22)13-16-5-4-12-30-16/h2-12,22,27H,13H2,1H3,(H,24,25)/t22-/m0/s1. The third-order valence-corrected chi connectivity index (χ3v) is 5.36. The molecule has 7 heteroatoms. The SMILES string of the molecule is COc1ccc([C@H]2c3c(-c4ccccc4O)n[nH]c3C(=O)N2Cc2ccco2)cc1. The van der Waals surface area contributed by atoms with E-state index in [1.165, 1.54) is 0 Å². The van der Waals surface area contributed by atoms with Crippen molar-refractivity contribution in [3.8, 4) is 22.8 Å². The fourth-order valence-corrected chi connectivity index (χ4v) is 3.94. The molecule has 2 N–H and O–H groups in total. The molecule has 0 unspecified atom stereocenters. The first kappa shape index (κ1) is 18.1. The molecule has 2 aromatic carbocycles. The normalized spacial score (nSPS) is 15.4. The topological polar surface area (TPSA) is 91.6 Å². The molecule has 2 aromatic heterocycles. The molecule has 0 bridgehead atoms.